The smallest absolute Gasteiger partial charge is 0.241 e. The van der Waals surface area contributed by atoms with Crippen LogP contribution in [0.3, 0.4) is 0 Å². The first kappa shape index (κ1) is 28.7. The third kappa shape index (κ3) is 6.11. The van der Waals surface area contributed by atoms with Crippen LogP contribution in [0.25, 0.3) is 0 Å². The van der Waals surface area contributed by atoms with E-state index in [1.807, 2.05) is 73.3 Å². The Morgan fingerprint density at radius 1 is 1.12 bits per heavy atom. The van der Waals surface area contributed by atoms with Crippen molar-refractivity contribution >= 4 is 21.6 Å². The number of nitrogens with one attached hydrogen (secondary N) is 1. The Balaban J connectivity index is 1.49. The van der Waals surface area contributed by atoms with Crippen molar-refractivity contribution in [2.24, 2.45) is 7.05 Å². The first-order valence-electron chi connectivity index (χ1n) is 13.7. The second-order valence-corrected chi connectivity index (χ2v) is 13.2. The zero-order chi connectivity index (χ0) is 29.4. The summed E-state index contributed by atoms with van der Waals surface area (Å²) in [4.78, 5) is 19.9. The number of aryl methyl sites for hydroxylation is 1. The van der Waals surface area contributed by atoms with Crippen LogP contribution in [0.4, 0.5) is 10.1 Å². The summed E-state index contributed by atoms with van der Waals surface area (Å²) in [6, 6.07) is 20.2. The van der Waals surface area contributed by atoms with E-state index in [1.165, 1.54) is 18.2 Å². The second kappa shape index (κ2) is 11.2. The maximum absolute atomic E-state index is 13.9. The van der Waals surface area contributed by atoms with E-state index in [4.69, 9.17) is 0 Å². The predicted molar refractivity (Wildman–Crippen MR) is 157 cm³/mol. The second-order valence-electron chi connectivity index (χ2n) is 11.4. The van der Waals surface area contributed by atoms with E-state index in [2.05, 4.69) is 23.6 Å². The number of nitrogens with zero attached hydrogens (tertiary/aromatic N) is 3. The molecule has 1 aromatic heterocycles. The number of anilines is 1. The molecule has 0 fully saturated rings. The summed E-state index contributed by atoms with van der Waals surface area (Å²) in [5.41, 5.74) is 3.26. The molecule has 0 saturated heterocycles. The van der Waals surface area contributed by atoms with Crippen molar-refractivity contribution in [3.8, 4) is 0 Å². The molecule has 0 aliphatic heterocycles. The molecular weight excluding hydrogens is 539 g/mol. The summed E-state index contributed by atoms with van der Waals surface area (Å²) in [5.74, 6) is 0.0654. The van der Waals surface area contributed by atoms with Crippen LogP contribution in [-0.2, 0) is 33.8 Å². The Hall–Kier alpha value is -3.82. The molecule has 0 saturated carbocycles. The lowest BCUT2D eigenvalue weighted by Crippen LogP contribution is -2.32. The molecule has 214 valence electrons. The number of amides is 1. The number of carbonyl (C=O) groups is 1. The molecule has 0 unspecified atom stereocenters. The van der Waals surface area contributed by atoms with E-state index in [0.717, 1.165) is 28.6 Å². The highest BCUT2D eigenvalue weighted by molar-refractivity contribution is 7.89. The van der Waals surface area contributed by atoms with Gasteiger partial charge in [-0.1, -0.05) is 63.2 Å². The maximum Gasteiger partial charge on any atom is 0.241 e. The highest BCUT2D eigenvalue weighted by atomic mass is 32.2. The number of hydrogen-bond donors (Lipinski definition) is 1. The summed E-state index contributed by atoms with van der Waals surface area (Å²) in [5, 5.41) is 0. The van der Waals surface area contributed by atoms with Crippen LogP contribution in [0.15, 0.2) is 90.1 Å². The van der Waals surface area contributed by atoms with Crippen LogP contribution in [-0.4, -0.2) is 23.9 Å². The third-order valence-corrected chi connectivity index (χ3v) is 9.41. The molecule has 4 aromatic rings. The van der Waals surface area contributed by atoms with Gasteiger partial charge in [0.25, 0.3) is 0 Å². The van der Waals surface area contributed by atoms with Crippen molar-refractivity contribution in [3.05, 3.63) is 114 Å². The Morgan fingerprint density at radius 2 is 1.88 bits per heavy atom. The van der Waals surface area contributed by atoms with E-state index in [0.29, 0.717) is 18.5 Å². The van der Waals surface area contributed by atoms with Crippen LogP contribution >= 0.6 is 0 Å². The molecule has 7 nitrogen and oxygen atoms in total. The number of rotatable bonds is 9. The Bertz CT molecular complexity index is 1670. The van der Waals surface area contributed by atoms with Gasteiger partial charge in [0.05, 0.1) is 11.4 Å². The van der Waals surface area contributed by atoms with E-state index < -0.39 is 21.9 Å². The molecule has 1 aliphatic carbocycles. The topological polar surface area (TPSA) is 84.3 Å². The fourth-order valence-electron chi connectivity index (χ4n) is 5.63. The molecule has 1 aliphatic rings. The lowest BCUT2D eigenvalue weighted by Gasteiger charge is -2.26. The molecule has 1 N–H and O–H groups in total. The van der Waals surface area contributed by atoms with Gasteiger partial charge in [0.2, 0.25) is 15.9 Å². The SMILES string of the molecule is C[C@H](CC(=O)N(Cc1nccn1C)c1ccc2c(c1)[C@@H](NS(=O)(=O)c1cccc(F)c1)CC2(C)C)c1ccccc1. The van der Waals surface area contributed by atoms with Gasteiger partial charge in [-0.05, 0) is 64.8 Å². The maximum atomic E-state index is 13.9. The number of hydrogen-bond acceptors (Lipinski definition) is 4. The van der Waals surface area contributed by atoms with Gasteiger partial charge in [-0.3, -0.25) is 4.79 Å². The summed E-state index contributed by atoms with van der Waals surface area (Å²) in [6.45, 7) is 6.45. The molecule has 3 aromatic carbocycles. The van der Waals surface area contributed by atoms with Crippen LogP contribution in [0.2, 0.25) is 0 Å². The number of fused-ring (bicyclic) bond motifs is 1. The Labute approximate surface area is 241 Å². The minimum absolute atomic E-state index is 0.00626. The van der Waals surface area contributed by atoms with Gasteiger partial charge in [0, 0.05) is 37.6 Å². The number of carbonyl (C=O) groups excluding carboxylic acids is 1. The fraction of sp³-hybridized carbons (Fsp3) is 0.312. The molecule has 0 spiro atoms. The lowest BCUT2D eigenvalue weighted by molar-refractivity contribution is -0.119. The molecule has 0 bridgehead atoms. The first-order valence-corrected chi connectivity index (χ1v) is 15.2. The van der Waals surface area contributed by atoms with Crippen LogP contribution in [0, 0.1) is 5.82 Å². The minimum Gasteiger partial charge on any atom is -0.337 e. The van der Waals surface area contributed by atoms with Crippen molar-refractivity contribution in [1.82, 2.24) is 14.3 Å². The van der Waals surface area contributed by atoms with E-state index in [9.17, 15) is 17.6 Å². The van der Waals surface area contributed by atoms with Gasteiger partial charge < -0.3 is 9.47 Å². The van der Waals surface area contributed by atoms with Gasteiger partial charge in [-0.25, -0.2) is 22.5 Å². The number of aromatic nitrogens is 2. The van der Waals surface area contributed by atoms with Gasteiger partial charge >= 0.3 is 0 Å². The number of imidazole rings is 1. The average molecular weight is 575 g/mol. The molecular formula is C32H35FN4O3S. The van der Waals surface area contributed by atoms with E-state index >= 15 is 0 Å². The highest BCUT2D eigenvalue weighted by Gasteiger charge is 2.39. The fourth-order valence-corrected chi connectivity index (χ4v) is 6.88. The summed E-state index contributed by atoms with van der Waals surface area (Å²) < 4.78 is 45.0. The molecule has 5 rings (SSSR count). The quantitative estimate of drug-likeness (QED) is 0.266. The molecule has 0 radical (unpaired) electrons. The average Bonchev–Trinajstić information content (AvgIpc) is 3.45. The largest absolute Gasteiger partial charge is 0.337 e. The third-order valence-electron chi connectivity index (χ3n) is 7.94. The molecule has 41 heavy (non-hydrogen) atoms. The number of halogens is 1. The zero-order valence-corrected chi connectivity index (χ0v) is 24.5. The van der Waals surface area contributed by atoms with Gasteiger partial charge in [0.15, 0.2) is 0 Å². The standard InChI is InChI=1S/C32H35FN4O3S/c1-22(23-9-6-5-7-10-23)17-31(38)37(21-30-34-15-16-36(30)4)25-13-14-28-27(19-25)29(20-32(28,2)3)35-41(39,40)26-12-8-11-24(33)18-26/h5-16,18-19,22,29,35H,17,20-21H2,1-4H3/t22-,29+/m1/s1. The van der Waals surface area contributed by atoms with Crippen LogP contribution < -0.4 is 9.62 Å². The van der Waals surface area contributed by atoms with Gasteiger partial charge in [-0.2, -0.15) is 0 Å². The van der Waals surface area contributed by atoms with Crippen molar-refractivity contribution in [2.75, 3.05) is 4.90 Å². The lowest BCUT2D eigenvalue weighted by atomic mass is 9.86. The van der Waals surface area contributed by atoms with E-state index in [-0.39, 0.29) is 28.7 Å². The van der Waals surface area contributed by atoms with Crippen molar-refractivity contribution in [1.29, 1.82) is 0 Å². The van der Waals surface area contributed by atoms with Crippen LogP contribution in [0.5, 0.6) is 0 Å². The van der Waals surface area contributed by atoms with E-state index in [1.54, 1.807) is 11.1 Å². The number of benzene rings is 3. The molecule has 9 heteroatoms. The summed E-state index contributed by atoms with van der Waals surface area (Å²) in [7, 11) is -2.10. The monoisotopic (exact) mass is 574 g/mol. The molecule has 1 amide bonds. The van der Waals surface area contributed by atoms with Gasteiger partial charge in [0.1, 0.15) is 11.6 Å². The van der Waals surface area contributed by atoms with Crippen molar-refractivity contribution in [2.45, 2.75) is 62.4 Å². The van der Waals surface area contributed by atoms with Gasteiger partial charge in [-0.15, -0.1) is 0 Å². The van der Waals surface area contributed by atoms with Crippen molar-refractivity contribution in [3.63, 3.8) is 0 Å². The molecule has 2 atom stereocenters. The summed E-state index contributed by atoms with van der Waals surface area (Å²) >= 11 is 0. The zero-order valence-electron chi connectivity index (χ0n) is 23.7. The first-order chi connectivity index (χ1) is 19.4. The van der Waals surface area contributed by atoms with Crippen molar-refractivity contribution < 1.29 is 17.6 Å². The number of sulfonamides is 1. The predicted octanol–water partition coefficient (Wildman–Crippen LogP) is 5.99. The minimum atomic E-state index is -3.99. The Morgan fingerprint density at radius 3 is 2.56 bits per heavy atom. The molecule has 1 heterocycles. The Kier molecular flexibility index (Phi) is 7.85. The highest BCUT2D eigenvalue weighted by Crippen LogP contribution is 2.46. The summed E-state index contributed by atoms with van der Waals surface area (Å²) in [6.07, 6.45) is 4.37. The van der Waals surface area contributed by atoms with Crippen LogP contribution in [0.1, 0.15) is 68.1 Å². The normalized spacial score (nSPS) is 16.8.